The summed E-state index contributed by atoms with van der Waals surface area (Å²) < 4.78 is 5.37. The van der Waals surface area contributed by atoms with Gasteiger partial charge in [-0.1, -0.05) is 42.5 Å². The van der Waals surface area contributed by atoms with Crippen LogP contribution in [0.15, 0.2) is 54.6 Å². The van der Waals surface area contributed by atoms with Crippen molar-refractivity contribution in [2.24, 2.45) is 0 Å². The van der Waals surface area contributed by atoms with Crippen molar-refractivity contribution in [3.63, 3.8) is 0 Å². The lowest BCUT2D eigenvalue weighted by atomic mass is 10.1. The number of amides is 2. The number of benzene rings is 2. The zero-order valence-corrected chi connectivity index (χ0v) is 15.4. The second kappa shape index (κ2) is 9.30. The molecule has 2 amide bonds. The van der Waals surface area contributed by atoms with E-state index >= 15 is 0 Å². The highest BCUT2D eigenvalue weighted by molar-refractivity contribution is 6.03. The molecule has 2 unspecified atom stereocenters. The van der Waals surface area contributed by atoms with E-state index in [1.54, 1.807) is 24.3 Å². The molecule has 1 fully saturated rings. The first-order valence-electron chi connectivity index (χ1n) is 9.19. The Morgan fingerprint density at radius 1 is 1.15 bits per heavy atom. The maximum Gasteiger partial charge on any atom is 0.253 e. The molecule has 6 nitrogen and oxygen atoms in total. The van der Waals surface area contributed by atoms with E-state index in [-0.39, 0.29) is 23.9 Å². The molecular weight excluding hydrogens is 342 g/mol. The summed E-state index contributed by atoms with van der Waals surface area (Å²) in [6, 6.07) is 16.7. The van der Waals surface area contributed by atoms with Gasteiger partial charge >= 0.3 is 0 Å². The van der Waals surface area contributed by atoms with E-state index in [1.165, 1.54) is 0 Å². The third kappa shape index (κ3) is 5.39. The van der Waals surface area contributed by atoms with Crippen LogP contribution >= 0.6 is 0 Å². The lowest BCUT2D eigenvalue weighted by Gasteiger charge is -2.23. The minimum absolute atomic E-state index is 0.00200. The number of carbonyl (C=O) groups excluding carboxylic acids is 2. The fourth-order valence-electron chi connectivity index (χ4n) is 3.07. The third-order valence-corrected chi connectivity index (χ3v) is 4.52. The first-order chi connectivity index (χ1) is 13.1. The highest BCUT2D eigenvalue weighted by Gasteiger charge is 2.19. The molecule has 0 bridgehead atoms. The Labute approximate surface area is 159 Å². The fourth-order valence-corrected chi connectivity index (χ4v) is 3.07. The Balaban J connectivity index is 1.64. The van der Waals surface area contributed by atoms with Gasteiger partial charge in [0.1, 0.15) is 0 Å². The van der Waals surface area contributed by atoms with Gasteiger partial charge in [-0.2, -0.15) is 0 Å². The predicted molar refractivity (Wildman–Crippen MR) is 105 cm³/mol. The molecule has 2 aromatic carbocycles. The van der Waals surface area contributed by atoms with Crippen LogP contribution in [0.2, 0.25) is 0 Å². The second-order valence-electron chi connectivity index (χ2n) is 6.63. The van der Waals surface area contributed by atoms with Gasteiger partial charge in [0.05, 0.1) is 30.5 Å². The van der Waals surface area contributed by atoms with E-state index < -0.39 is 0 Å². The highest BCUT2D eigenvalue weighted by Crippen LogP contribution is 2.18. The Morgan fingerprint density at radius 2 is 1.89 bits per heavy atom. The van der Waals surface area contributed by atoms with Crippen molar-refractivity contribution >= 4 is 17.5 Å². The Kier molecular flexibility index (Phi) is 6.57. The van der Waals surface area contributed by atoms with Crippen LogP contribution in [0.4, 0.5) is 5.69 Å². The van der Waals surface area contributed by atoms with Gasteiger partial charge in [-0.05, 0) is 24.6 Å². The number of rotatable bonds is 6. The minimum Gasteiger partial charge on any atom is -0.378 e. The van der Waals surface area contributed by atoms with Crippen molar-refractivity contribution in [3.8, 4) is 0 Å². The quantitative estimate of drug-likeness (QED) is 0.733. The molecule has 1 saturated heterocycles. The molecule has 142 valence electrons. The number of ether oxygens (including phenoxy) is 1. The molecule has 1 aliphatic rings. The summed E-state index contributed by atoms with van der Waals surface area (Å²) in [6.07, 6.45) is 0.302. The number of para-hydroxylation sites is 1. The van der Waals surface area contributed by atoms with E-state index in [0.29, 0.717) is 30.9 Å². The molecular formula is C21H25N3O3. The van der Waals surface area contributed by atoms with Crippen LogP contribution in [0.3, 0.4) is 0 Å². The second-order valence-corrected chi connectivity index (χ2v) is 6.63. The molecule has 0 spiro atoms. The maximum absolute atomic E-state index is 12.7. The average Bonchev–Trinajstić information content (AvgIpc) is 2.69. The van der Waals surface area contributed by atoms with Gasteiger partial charge in [-0.3, -0.25) is 9.59 Å². The van der Waals surface area contributed by atoms with Crippen LogP contribution < -0.4 is 16.0 Å². The standard InChI is InChI=1S/C21H25N3O3/c1-15(16-7-3-2-4-8-16)23-21(26)18-9-5-6-10-19(18)24-20(25)13-17-14-27-12-11-22-17/h2-10,15,17,22H,11-14H2,1H3,(H,23,26)(H,24,25). The monoisotopic (exact) mass is 367 g/mol. The van der Waals surface area contributed by atoms with Gasteiger partial charge in [-0.15, -0.1) is 0 Å². The van der Waals surface area contributed by atoms with E-state index in [2.05, 4.69) is 16.0 Å². The highest BCUT2D eigenvalue weighted by atomic mass is 16.5. The third-order valence-electron chi connectivity index (χ3n) is 4.52. The summed E-state index contributed by atoms with van der Waals surface area (Å²) in [5.41, 5.74) is 1.98. The number of hydrogen-bond donors (Lipinski definition) is 3. The van der Waals surface area contributed by atoms with Crippen LogP contribution in [0, 0.1) is 0 Å². The largest absolute Gasteiger partial charge is 0.378 e. The molecule has 3 rings (SSSR count). The van der Waals surface area contributed by atoms with Crippen LogP contribution in [0.25, 0.3) is 0 Å². The van der Waals surface area contributed by atoms with Crippen molar-refractivity contribution in [3.05, 3.63) is 65.7 Å². The first kappa shape index (κ1) is 19.1. The molecule has 6 heteroatoms. The van der Waals surface area contributed by atoms with Gasteiger partial charge in [0, 0.05) is 19.0 Å². The van der Waals surface area contributed by atoms with Gasteiger partial charge in [-0.25, -0.2) is 0 Å². The predicted octanol–water partition coefficient (Wildman–Crippen LogP) is 2.49. The molecule has 0 radical (unpaired) electrons. The van der Waals surface area contributed by atoms with Crippen LogP contribution in [-0.2, 0) is 9.53 Å². The first-order valence-corrected chi connectivity index (χ1v) is 9.19. The topological polar surface area (TPSA) is 79.5 Å². The van der Waals surface area contributed by atoms with Crippen molar-refractivity contribution in [1.29, 1.82) is 0 Å². The lowest BCUT2D eigenvalue weighted by molar-refractivity contribution is -0.117. The molecule has 2 aromatic rings. The van der Waals surface area contributed by atoms with Gasteiger partial charge in [0.15, 0.2) is 0 Å². The summed E-state index contributed by atoms with van der Waals surface area (Å²) in [4.78, 5) is 25.1. The van der Waals surface area contributed by atoms with Gasteiger partial charge in [0.2, 0.25) is 5.91 Å². The van der Waals surface area contributed by atoms with E-state index in [1.807, 2.05) is 37.3 Å². The number of carbonyl (C=O) groups is 2. The Morgan fingerprint density at radius 3 is 2.63 bits per heavy atom. The number of morpholine rings is 1. The zero-order valence-electron chi connectivity index (χ0n) is 15.4. The lowest BCUT2D eigenvalue weighted by Crippen LogP contribution is -2.43. The smallest absolute Gasteiger partial charge is 0.253 e. The molecule has 1 aliphatic heterocycles. The number of anilines is 1. The Bertz CT molecular complexity index is 773. The number of nitrogens with one attached hydrogen (secondary N) is 3. The van der Waals surface area contributed by atoms with Crippen molar-refractivity contribution < 1.29 is 14.3 Å². The zero-order chi connectivity index (χ0) is 19.1. The van der Waals surface area contributed by atoms with E-state index in [9.17, 15) is 9.59 Å². The molecule has 3 N–H and O–H groups in total. The molecule has 0 aliphatic carbocycles. The van der Waals surface area contributed by atoms with E-state index in [0.717, 1.165) is 12.1 Å². The summed E-state index contributed by atoms with van der Waals surface area (Å²) >= 11 is 0. The summed E-state index contributed by atoms with van der Waals surface area (Å²) in [7, 11) is 0. The van der Waals surface area contributed by atoms with Crippen molar-refractivity contribution in [2.75, 3.05) is 25.1 Å². The molecule has 0 aromatic heterocycles. The molecule has 2 atom stereocenters. The fraction of sp³-hybridized carbons (Fsp3) is 0.333. The molecule has 27 heavy (non-hydrogen) atoms. The molecule has 0 saturated carbocycles. The van der Waals surface area contributed by atoms with Crippen LogP contribution in [-0.4, -0.2) is 37.6 Å². The normalized spacial score (nSPS) is 17.7. The summed E-state index contributed by atoms with van der Waals surface area (Å²) in [5.74, 6) is -0.365. The van der Waals surface area contributed by atoms with E-state index in [4.69, 9.17) is 4.74 Å². The van der Waals surface area contributed by atoms with Crippen molar-refractivity contribution in [1.82, 2.24) is 10.6 Å². The van der Waals surface area contributed by atoms with Crippen molar-refractivity contribution in [2.45, 2.75) is 25.4 Å². The average molecular weight is 367 g/mol. The SMILES string of the molecule is CC(NC(=O)c1ccccc1NC(=O)CC1COCCN1)c1ccccc1. The molecule has 1 heterocycles. The maximum atomic E-state index is 12.7. The van der Waals surface area contributed by atoms with Gasteiger partial charge < -0.3 is 20.7 Å². The number of hydrogen-bond acceptors (Lipinski definition) is 4. The van der Waals surface area contributed by atoms with Crippen LogP contribution in [0.1, 0.15) is 35.3 Å². The summed E-state index contributed by atoms with van der Waals surface area (Å²) in [6.45, 7) is 3.86. The summed E-state index contributed by atoms with van der Waals surface area (Å²) in [5, 5.41) is 9.09. The minimum atomic E-state index is -0.221. The Hall–Kier alpha value is -2.70. The van der Waals surface area contributed by atoms with Gasteiger partial charge in [0.25, 0.3) is 5.91 Å². The van der Waals surface area contributed by atoms with Crippen LogP contribution in [0.5, 0.6) is 0 Å².